The molecule has 2 unspecified atom stereocenters. The Hall–Kier alpha value is -3.86. The summed E-state index contributed by atoms with van der Waals surface area (Å²) >= 11 is 0.988. The molecular weight excluding hydrogens is 676 g/mol. The van der Waals surface area contributed by atoms with Gasteiger partial charge in [0, 0.05) is 48.3 Å². The highest BCUT2D eigenvalue weighted by molar-refractivity contribution is 7.23. The van der Waals surface area contributed by atoms with E-state index in [1.54, 1.807) is 13.1 Å². The lowest BCUT2D eigenvalue weighted by Crippen LogP contribution is -2.56. The van der Waals surface area contributed by atoms with Crippen LogP contribution in [0.2, 0.25) is 0 Å². The number of aromatic nitrogens is 3. The Morgan fingerprint density at radius 2 is 1.92 bits per heavy atom. The summed E-state index contributed by atoms with van der Waals surface area (Å²) in [4.78, 5) is 22.2. The summed E-state index contributed by atoms with van der Waals surface area (Å²) in [7, 11) is 6.10. The normalized spacial score (nSPS) is 22.6. The molecule has 2 atom stereocenters. The summed E-state index contributed by atoms with van der Waals surface area (Å²) in [6, 6.07) is 4.83. The maximum Gasteiger partial charge on any atom is 0.319 e. The van der Waals surface area contributed by atoms with Gasteiger partial charge in [-0.1, -0.05) is 0 Å². The van der Waals surface area contributed by atoms with Crippen molar-refractivity contribution in [3.8, 4) is 23.3 Å². The van der Waals surface area contributed by atoms with Gasteiger partial charge in [-0.05, 0) is 104 Å². The Labute approximate surface area is 300 Å². The molecule has 2 aliphatic carbocycles. The second-order valence-electron chi connectivity index (χ2n) is 15.3. The molecule has 9 nitrogen and oxygen atoms in total. The zero-order valence-electron chi connectivity index (χ0n) is 29.7. The standard InChI is InChI=1S/C38H44F3N7O2S/c1-36(41)13-9-23(10-16-49-21-36)17-37(14-15-37)22-50-35-45-31-26(33(46-35)48(5)20-38(47(3)4)11-6-12-38)19-44-30(29(31)40)24-7-8-27(39)32-28(24)25(18-42)34(43-2)51-32/h7-8,19,23H,2,6,9-17,20-22H2,1,3-5H3. The van der Waals surface area contributed by atoms with Gasteiger partial charge in [0.05, 0.1) is 28.9 Å². The van der Waals surface area contributed by atoms with Crippen molar-refractivity contribution < 1.29 is 22.6 Å². The third-order valence-electron chi connectivity index (χ3n) is 11.4. The first-order chi connectivity index (χ1) is 24.4. The van der Waals surface area contributed by atoms with Crippen LogP contribution in [0, 0.1) is 34.3 Å². The van der Waals surface area contributed by atoms with Crippen molar-refractivity contribution in [2.75, 3.05) is 52.4 Å². The summed E-state index contributed by atoms with van der Waals surface area (Å²) < 4.78 is 58.8. The van der Waals surface area contributed by atoms with Crippen LogP contribution in [0.1, 0.15) is 70.3 Å². The molecule has 3 aliphatic rings. The third kappa shape index (κ3) is 6.78. The summed E-state index contributed by atoms with van der Waals surface area (Å²) in [5.41, 5.74) is -1.11. The summed E-state index contributed by atoms with van der Waals surface area (Å²) in [5, 5.41) is 10.9. The van der Waals surface area contributed by atoms with Crippen molar-refractivity contribution in [3.63, 3.8) is 0 Å². The number of fused-ring (bicyclic) bond motifs is 2. The van der Waals surface area contributed by atoms with E-state index in [0.29, 0.717) is 43.3 Å². The smallest absolute Gasteiger partial charge is 0.319 e. The van der Waals surface area contributed by atoms with E-state index in [0.717, 1.165) is 62.7 Å². The Balaban J connectivity index is 1.26. The molecular formula is C38H44F3N7O2S. The molecule has 0 spiro atoms. The molecule has 7 rings (SSSR count). The number of aliphatic imine (C=N–C) groups is 1. The topological polar surface area (TPSA) is 99.8 Å². The zero-order valence-corrected chi connectivity index (χ0v) is 30.5. The molecule has 0 amide bonds. The predicted molar refractivity (Wildman–Crippen MR) is 195 cm³/mol. The quantitative estimate of drug-likeness (QED) is 0.143. The summed E-state index contributed by atoms with van der Waals surface area (Å²) in [6.07, 6.45) is 9.75. The number of alkyl halides is 1. The van der Waals surface area contributed by atoms with Crippen LogP contribution in [0.15, 0.2) is 23.3 Å². The fourth-order valence-electron chi connectivity index (χ4n) is 7.86. The number of likely N-dealkylation sites (N-methyl/N-ethyl adjacent to an activating group) is 2. The van der Waals surface area contributed by atoms with Gasteiger partial charge < -0.3 is 19.3 Å². The average Bonchev–Trinajstić information content (AvgIpc) is 3.74. The first-order valence-electron chi connectivity index (χ1n) is 17.6. The molecule has 1 saturated heterocycles. The van der Waals surface area contributed by atoms with Gasteiger partial charge in [0.15, 0.2) is 5.82 Å². The number of benzene rings is 1. The molecule has 1 aliphatic heterocycles. The van der Waals surface area contributed by atoms with Crippen LogP contribution in [0.5, 0.6) is 6.01 Å². The van der Waals surface area contributed by atoms with E-state index >= 15 is 4.39 Å². The highest BCUT2D eigenvalue weighted by Crippen LogP contribution is 2.52. The summed E-state index contributed by atoms with van der Waals surface area (Å²) in [5.74, 6) is -0.442. The molecule has 3 fully saturated rings. The monoisotopic (exact) mass is 719 g/mol. The molecule has 51 heavy (non-hydrogen) atoms. The number of pyridine rings is 1. The number of halogens is 3. The van der Waals surface area contributed by atoms with Crippen LogP contribution < -0.4 is 9.64 Å². The Kier molecular flexibility index (Phi) is 9.48. The SMILES string of the molecule is C=Nc1sc2c(F)ccc(-c3ncc4c(N(C)CC5(N(C)C)CCC5)nc(OCC5(CC6CCOCC(C)(F)CC6)CC5)nc4c3F)c2c1C#N. The number of anilines is 1. The lowest BCUT2D eigenvalue weighted by Gasteiger charge is -2.49. The molecule has 4 heterocycles. The molecule has 1 aromatic carbocycles. The van der Waals surface area contributed by atoms with Gasteiger partial charge in [0.2, 0.25) is 0 Å². The van der Waals surface area contributed by atoms with Crippen LogP contribution >= 0.6 is 11.3 Å². The highest BCUT2D eigenvalue weighted by atomic mass is 32.1. The van der Waals surface area contributed by atoms with Crippen molar-refractivity contribution in [2.45, 2.75) is 75.9 Å². The lowest BCUT2D eigenvalue weighted by molar-refractivity contribution is -0.00678. The number of hydrogen-bond donors (Lipinski definition) is 0. The van der Waals surface area contributed by atoms with Crippen LogP contribution in [-0.4, -0.2) is 85.3 Å². The van der Waals surface area contributed by atoms with Crippen LogP contribution in [0.4, 0.5) is 24.0 Å². The van der Waals surface area contributed by atoms with Crippen molar-refractivity contribution >= 4 is 49.9 Å². The lowest BCUT2D eigenvalue weighted by atomic mass is 9.75. The van der Waals surface area contributed by atoms with Gasteiger partial charge in [0.1, 0.15) is 39.6 Å². The van der Waals surface area contributed by atoms with Gasteiger partial charge in [-0.3, -0.25) is 9.98 Å². The van der Waals surface area contributed by atoms with Crippen molar-refractivity contribution in [3.05, 3.63) is 35.5 Å². The van der Waals surface area contributed by atoms with E-state index in [4.69, 9.17) is 14.5 Å². The van der Waals surface area contributed by atoms with E-state index < -0.39 is 17.3 Å². The number of thiophene rings is 1. The second kappa shape index (κ2) is 13.6. The Morgan fingerprint density at radius 1 is 1.14 bits per heavy atom. The molecule has 0 radical (unpaired) electrons. The first kappa shape index (κ1) is 35.5. The van der Waals surface area contributed by atoms with Crippen molar-refractivity contribution in [1.29, 1.82) is 5.26 Å². The van der Waals surface area contributed by atoms with Gasteiger partial charge in [-0.2, -0.15) is 15.2 Å². The highest BCUT2D eigenvalue weighted by Gasteiger charge is 2.46. The van der Waals surface area contributed by atoms with Crippen LogP contribution in [-0.2, 0) is 4.74 Å². The van der Waals surface area contributed by atoms with E-state index in [1.807, 2.05) is 11.9 Å². The van der Waals surface area contributed by atoms with Gasteiger partial charge in [-0.25, -0.2) is 13.2 Å². The predicted octanol–water partition coefficient (Wildman–Crippen LogP) is 8.40. The molecule has 13 heteroatoms. The Morgan fingerprint density at radius 3 is 2.59 bits per heavy atom. The fraction of sp³-hybridized carbons (Fsp3) is 0.553. The number of nitriles is 1. The molecule has 0 bridgehead atoms. The molecule has 2 saturated carbocycles. The first-order valence-corrected chi connectivity index (χ1v) is 18.5. The zero-order chi connectivity index (χ0) is 36.1. The summed E-state index contributed by atoms with van der Waals surface area (Å²) in [6.45, 7) is 6.85. The van der Waals surface area contributed by atoms with E-state index in [1.165, 1.54) is 12.1 Å². The van der Waals surface area contributed by atoms with Gasteiger partial charge >= 0.3 is 6.01 Å². The van der Waals surface area contributed by atoms with Crippen molar-refractivity contribution in [2.24, 2.45) is 16.3 Å². The van der Waals surface area contributed by atoms with Gasteiger partial charge in [-0.15, -0.1) is 11.3 Å². The van der Waals surface area contributed by atoms with Crippen LogP contribution in [0.3, 0.4) is 0 Å². The van der Waals surface area contributed by atoms with E-state index in [-0.39, 0.29) is 61.0 Å². The largest absolute Gasteiger partial charge is 0.463 e. The van der Waals surface area contributed by atoms with E-state index in [9.17, 15) is 14.0 Å². The maximum atomic E-state index is 16.9. The number of rotatable bonds is 11. The minimum Gasteiger partial charge on any atom is -0.463 e. The molecule has 4 aromatic rings. The molecule has 3 aromatic heterocycles. The average molecular weight is 720 g/mol. The van der Waals surface area contributed by atoms with Crippen LogP contribution in [0.25, 0.3) is 32.2 Å². The second-order valence-corrected chi connectivity index (χ2v) is 16.3. The molecule has 270 valence electrons. The molecule has 0 N–H and O–H groups in total. The number of hydrogen-bond acceptors (Lipinski definition) is 10. The van der Waals surface area contributed by atoms with Crippen molar-refractivity contribution in [1.82, 2.24) is 19.9 Å². The third-order valence-corrected chi connectivity index (χ3v) is 12.5. The Bertz CT molecular complexity index is 2020. The minimum absolute atomic E-state index is 0.0249. The number of ether oxygens (including phenoxy) is 2. The van der Waals surface area contributed by atoms with E-state index in [2.05, 4.69) is 46.7 Å². The maximum absolute atomic E-state index is 16.9. The fourth-order valence-corrected chi connectivity index (χ4v) is 8.85. The van der Waals surface area contributed by atoms with Gasteiger partial charge in [0.25, 0.3) is 0 Å². The number of nitrogens with zero attached hydrogens (tertiary/aromatic N) is 7. The minimum atomic E-state index is -1.32.